The number of aliphatic hydroxyl groups excluding tert-OH is 1. The highest BCUT2D eigenvalue weighted by Gasteiger charge is 2.40. The second-order valence-corrected chi connectivity index (χ2v) is 9.55. The van der Waals surface area contributed by atoms with E-state index in [1.165, 1.54) is 0 Å². The number of amides is 2. The highest BCUT2D eigenvalue weighted by Crippen LogP contribution is 2.46. The molecule has 1 aliphatic heterocycles. The third-order valence-corrected chi connectivity index (χ3v) is 6.90. The van der Waals surface area contributed by atoms with Gasteiger partial charge in [-0.2, -0.15) is 5.10 Å². The van der Waals surface area contributed by atoms with Gasteiger partial charge in [-0.15, -0.1) is 0 Å². The average molecular weight is 441 g/mol. The number of nitrogens with zero attached hydrogens (tertiary/aromatic N) is 2. The van der Waals surface area contributed by atoms with E-state index in [9.17, 15) is 9.90 Å². The number of carbonyl (C=O) groups is 1. The van der Waals surface area contributed by atoms with Crippen molar-refractivity contribution in [2.45, 2.75) is 39.7 Å². The number of H-pyrrole nitrogens is 1. The molecule has 7 heteroatoms. The maximum absolute atomic E-state index is 12.7. The number of nitrogens with one attached hydrogen (secondary N) is 2. The normalized spacial score (nSPS) is 16.5. The van der Waals surface area contributed by atoms with Crippen molar-refractivity contribution in [3.63, 3.8) is 0 Å². The first kappa shape index (κ1) is 21.7. The van der Waals surface area contributed by atoms with E-state index in [4.69, 9.17) is 11.6 Å². The van der Waals surface area contributed by atoms with Gasteiger partial charge in [-0.3, -0.25) is 5.10 Å². The van der Waals surface area contributed by atoms with Gasteiger partial charge in [0, 0.05) is 34.7 Å². The van der Waals surface area contributed by atoms with Crippen molar-refractivity contribution in [2.75, 3.05) is 18.4 Å². The lowest BCUT2D eigenvalue weighted by molar-refractivity contribution is -0.0138. The van der Waals surface area contributed by atoms with Crippen LogP contribution in [0.4, 0.5) is 10.5 Å². The summed E-state index contributed by atoms with van der Waals surface area (Å²) in [6.07, 6.45) is 2.68. The monoisotopic (exact) mass is 440 g/mol. The molecule has 4 rings (SSSR count). The van der Waals surface area contributed by atoms with Crippen LogP contribution < -0.4 is 5.32 Å². The van der Waals surface area contributed by atoms with E-state index in [0.29, 0.717) is 18.1 Å². The summed E-state index contributed by atoms with van der Waals surface area (Å²) >= 11 is 6.29. The van der Waals surface area contributed by atoms with Crippen LogP contribution in [0, 0.1) is 18.3 Å². The second-order valence-electron chi connectivity index (χ2n) is 9.11. The molecular weight excluding hydrogens is 412 g/mol. The summed E-state index contributed by atoms with van der Waals surface area (Å²) in [6, 6.07) is 11.4. The predicted molar refractivity (Wildman–Crippen MR) is 124 cm³/mol. The summed E-state index contributed by atoms with van der Waals surface area (Å²) in [7, 11) is 0. The fourth-order valence-electron chi connectivity index (χ4n) is 4.55. The summed E-state index contributed by atoms with van der Waals surface area (Å²) in [5, 5.41) is 22.9. The van der Waals surface area contributed by atoms with Gasteiger partial charge >= 0.3 is 6.03 Å². The Kier molecular flexibility index (Phi) is 5.95. The molecule has 2 aromatic carbocycles. The largest absolute Gasteiger partial charge is 0.388 e. The third kappa shape index (κ3) is 4.41. The van der Waals surface area contributed by atoms with Crippen LogP contribution in [0.15, 0.2) is 42.6 Å². The molecule has 1 aliphatic rings. The molecule has 31 heavy (non-hydrogen) atoms. The molecule has 1 atom stereocenters. The van der Waals surface area contributed by atoms with E-state index in [-0.39, 0.29) is 17.4 Å². The molecule has 0 aliphatic carbocycles. The SMILES string of the molecule is Cc1ccc(NC(=O)N2CCC(C(C)(C)C(O)c3cc(Cl)cc4cn[nH]c34)CC2)cc1. The topological polar surface area (TPSA) is 81.2 Å². The van der Waals surface area contributed by atoms with Crippen molar-refractivity contribution in [3.8, 4) is 0 Å². The number of piperidine rings is 1. The molecule has 1 unspecified atom stereocenters. The summed E-state index contributed by atoms with van der Waals surface area (Å²) in [4.78, 5) is 14.5. The number of hydrogen-bond donors (Lipinski definition) is 3. The predicted octanol–water partition coefficient (Wildman–Crippen LogP) is 5.53. The minimum Gasteiger partial charge on any atom is -0.388 e. The van der Waals surface area contributed by atoms with Crippen molar-refractivity contribution in [1.29, 1.82) is 0 Å². The van der Waals surface area contributed by atoms with Crippen molar-refractivity contribution < 1.29 is 9.90 Å². The van der Waals surface area contributed by atoms with E-state index < -0.39 is 6.10 Å². The van der Waals surface area contributed by atoms with Gasteiger partial charge in [-0.25, -0.2) is 4.79 Å². The smallest absolute Gasteiger partial charge is 0.321 e. The average Bonchev–Trinajstić information content (AvgIpc) is 3.22. The number of rotatable bonds is 4. The maximum Gasteiger partial charge on any atom is 0.321 e. The van der Waals surface area contributed by atoms with Crippen LogP contribution in [-0.2, 0) is 0 Å². The minimum atomic E-state index is -0.702. The lowest BCUT2D eigenvalue weighted by Gasteiger charge is -2.43. The third-order valence-electron chi connectivity index (χ3n) is 6.68. The number of hydrogen-bond acceptors (Lipinski definition) is 3. The van der Waals surface area contributed by atoms with Crippen molar-refractivity contribution in [2.24, 2.45) is 11.3 Å². The Hall–Kier alpha value is -2.57. The highest BCUT2D eigenvalue weighted by atomic mass is 35.5. The molecule has 1 aromatic heterocycles. The van der Waals surface area contributed by atoms with Gasteiger partial charge in [0.2, 0.25) is 0 Å². The molecule has 1 saturated heterocycles. The van der Waals surface area contributed by atoms with E-state index in [1.54, 1.807) is 6.20 Å². The van der Waals surface area contributed by atoms with E-state index in [0.717, 1.165) is 40.6 Å². The van der Waals surface area contributed by atoms with E-state index in [2.05, 4.69) is 29.4 Å². The molecule has 0 saturated carbocycles. The van der Waals surface area contributed by atoms with Crippen LogP contribution in [0.2, 0.25) is 5.02 Å². The second kappa shape index (κ2) is 8.52. The number of halogens is 1. The molecule has 0 spiro atoms. The molecule has 2 amide bonds. The molecule has 3 aromatic rings. The molecule has 2 heterocycles. The minimum absolute atomic E-state index is 0.0744. The Bertz CT molecular complexity index is 1070. The number of benzene rings is 2. The standard InChI is InChI=1S/C24H29ClN4O2/c1-15-4-6-19(7-5-15)27-23(31)29-10-8-17(9-11-29)24(2,3)22(30)20-13-18(25)12-16-14-26-28-21(16)20/h4-7,12-14,17,22,30H,8-11H2,1-3H3,(H,26,28)(H,27,31). The number of anilines is 1. The molecule has 164 valence electrons. The van der Waals surface area contributed by atoms with Crippen molar-refractivity contribution >= 4 is 34.2 Å². The van der Waals surface area contributed by atoms with Crippen LogP contribution in [-0.4, -0.2) is 39.3 Å². The number of urea groups is 1. The van der Waals surface area contributed by atoms with Crippen LogP contribution in [0.5, 0.6) is 0 Å². The highest BCUT2D eigenvalue weighted by molar-refractivity contribution is 6.31. The Morgan fingerprint density at radius 2 is 1.94 bits per heavy atom. The van der Waals surface area contributed by atoms with Gasteiger partial charge in [0.25, 0.3) is 0 Å². The maximum atomic E-state index is 12.7. The molecule has 6 nitrogen and oxygen atoms in total. The first-order valence-corrected chi connectivity index (χ1v) is 11.1. The van der Waals surface area contributed by atoms with Gasteiger partial charge in [-0.1, -0.05) is 43.1 Å². The van der Waals surface area contributed by atoms with Gasteiger partial charge in [0.05, 0.1) is 17.8 Å². The van der Waals surface area contributed by atoms with Crippen molar-refractivity contribution in [3.05, 3.63) is 58.7 Å². The number of aromatic nitrogens is 2. The van der Waals surface area contributed by atoms with Crippen LogP contribution in [0.3, 0.4) is 0 Å². The van der Waals surface area contributed by atoms with Gasteiger partial charge < -0.3 is 15.3 Å². The number of aryl methyl sites for hydroxylation is 1. The van der Waals surface area contributed by atoms with Crippen molar-refractivity contribution in [1.82, 2.24) is 15.1 Å². The quantitative estimate of drug-likeness (QED) is 0.499. The zero-order valence-electron chi connectivity index (χ0n) is 18.2. The zero-order chi connectivity index (χ0) is 22.2. The van der Waals surface area contributed by atoms with Crippen LogP contribution in [0.1, 0.15) is 43.9 Å². The molecule has 3 N–H and O–H groups in total. The van der Waals surface area contributed by atoms with Gasteiger partial charge in [0.15, 0.2) is 0 Å². The molecular formula is C24H29ClN4O2. The molecule has 1 fully saturated rings. The fourth-order valence-corrected chi connectivity index (χ4v) is 4.79. The summed E-state index contributed by atoms with van der Waals surface area (Å²) in [5.41, 5.74) is 3.16. The van der Waals surface area contributed by atoms with Gasteiger partial charge in [-0.05, 0) is 55.4 Å². The number of fused-ring (bicyclic) bond motifs is 1. The Morgan fingerprint density at radius 3 is 2.61 bits per heavy atom. The van der Waals surface area contributed by atoms with E-state index in [1.807, 2.05) is 48.2 Å². The lowest BCUT2D eigenvalue weighted by Crippen LogP contribution is -2.45. The first-order valence-electron chi connectivity index (χ1n) is 10.7. The molecule has 0 bridgehead atoms. The Labute approximate surface area is 187 Å². The number of carbonyl (C=O) groups excluding carboxylic acids is 1. The first-order chi connectivity index (χ1) is 14.8. The number of aliphatic hydroxyl groups is 1. The fraction of sp³-hybridized carbons (Fsp3) is 0.417. The van der Waals surface area contributed by atoms with E-state index >= 15 is 0 Å². The van der Waals surface area contributed by atoms with Gasteiger partial charge in [0.1, 0.15) is 0 Å². The summed E-state index contributed by atoms with van der Waals surface area (Å²) in [5.74, 6) is 0.267. The summed E-state index contributed by atoms with van der Waals surface area (Å²) < 4.78 is 0. The zero-order valence-corrected chi connectivity index (χ0v) is 18.9. The molecule has 0 radical (unpaired) electrons. The summed E-state index contributed by atoms with van der Waals surface area (Å²) in [6.45, 7) is 7.52. The Morgan fingerprint density at radius 1 is 1.26 bits per heavy atom. The van der Waals surface area contributed by atoms with Crippen LogP contribution >= 0.6 is 11.6 Å². The number of likely N-dealkylation sites (tertiary alicyclic amines) is 1. The Balaban J connectivity index is 1.42. The number of aromatic amines is 1. The lowest BCUT2D eigenvalue weighted by atomic mass is 9.68. The van der Waals surface area contributed by atoms with Crippen LogP contribution in [0.25, 0.3) is 10.9 Å².